The first kappa shape index (κ1) is 15.5. The molecule has 1 amide bonds. The number of aliphatic carboxylic acids is 1. The second-order valence-electron chi connectivity index (χ2n) is 3.71. The molecule has 1 aromatic heterocycles. The molecule has 0 bridgehead atoms. The standard InChI is InChI=1S/C12H16N2O4S/c1-18-7-5-9(12(16)17)14-10(15)8-4-3-6-13-11(8)19-2/h3-4,6,9H,5,7H2,1-2H3,(H,14,15)(H,16,17). The van der Waals surface area contributed by atoms with Gasteiger partial charge in [0.2, 0.25) is 0 Å². The molecule has 104 valence electrons. The zero-order valence-electron chi connectivity index (χ0n) is 10.8. The van der Waals surface area contributed by atoms with Crippen molar-refractivity contribution < 1.29 is 19.4 Å². The minimum absolute atomic E-state index is 0.215. The summed E-state index contributed by atoms with van der Waals surface area (Å²) in [6.07, 6.45) is 3.60. The Balaban J connectivity index is 2.78. The fraction of sp³-hybridized carbons (Fsp3) is 0.417. The zero-order chi connectivity index (χ0) is 14.3. The Kier molecular flexibility index (Phi) is 6.31. The van der Waals surface area contributed by atoms with E-state index in [9.17, 15) is 9.59 Å². The lowest BCUT2D eigenvalue weighted by Crippen LogP contribution is -2.41. The summed E-state index contributed by atoms with van der Waals surface area (Å²) in [4.78, 5) is 27.1. The Hall–Kier alpha value is -1.60. The highest BCUT2D eigenvalue weighted by Gasteiger charge is 2.21. The first-order valence-corrected chi connectivity index (χ1v) is 6.84. The number of methoxy groups -OCH3 is 1. The van der Waals surface area contributed by atoms with Crippen molar-refractivity contribution in [2.24, 2.45) is 0 Å². The third-order valence-electron chi connectivity index (χ3n) is 2.42. The van der Waals surface area contributed by atoms with E-state index in [0.29, 0.717) is 10.6 Å². The van der Waals surface area contributed by atoms with E-state index in [4.69, 9.17) is 9.84 Å². The van der Waals surface area contributed by atoms with Crippen molar-refractivity contribution in [3.8, 4) is 0 Å². The quantitative estimate of drug-likeness (QED) is 0.727. The molecule has 6 nitrogen and oxygen atoms in total. The van der Waals surface area contributed by atoms with Gasteiger partial charge in [0.1, 0.15) is 11.1 Å². The number of rotatable bonds is 7. The van der Waals surface area contributed by atoms with Gasteiger partial charge >= 0.3 is 5.97 Å². The van der Waals surface area contributed by atoms with Crippen LogP contribution < -0.4 is 5.32 Å². The molecule has 0 aliphatic rings. The molecule has 0 radical (unpaired) electrons. The van der Waals surface area contributed by atoms with Crippen LogP contribution in [0.3, 0.4) is 0 Å². The molecule has 0 saturated heterocycles. The van der Waals surface area contributed by atoms with E-state index < -0.39 is 17.9 Å². The summed E-state index contributed by atoms with van der Waals surface area (Å²) >= 11 is 1.33. The number of carbonyl (C=O) groups is 2. The number of aromatic nitrogens is 1. The van der Waals surface area contributed by atoms with E-state index in [-0.39, 0.29) is 13.0 Å². The Morgan fingerprint density at radius 1 is 1.58 bits per heavy atom. The number of ether oxygens (including phenoxy) is 1. The fourth-order valence-corrected chi connectivity index (χ4v) is 2.00. The number of nitrogens with one attached hydrogen (secondary N) is 1. The largest absolute Gasteiger partial charge is 0.480 e. The maximum atomic E-state index is 12.0. The van der Waals surface area contributed by atoms with Gasteiger partial charge < -0.3 is 15.2 Å². The smallest absolute Gasteiger partial charge is 0.326 e. The topological polar surface area (TPSA) is 88.5 Å². The average Bonchev–Trinajstić information content (AvgIpc) is 2.42. The fourth-order valence-electron chi connectivity index (χ4n) is 1.46. The van der Waals surface area contributed by atoms with Crippen molar-refractivity contribution >= 4 is 23.6 Å². The predicted molar refractivity (Wildman–Crippen MR) is 71.4 cm³/mol. The maximum Gasteiger partial charge on any atom is 0.326 e. The third kappa shape index (κ3) is 4.53. The van der Waals surface area contributed by atoms with Crippen molar-refractivity contribution in [3.63, 3.8) is 0 Å². The lowest BCUT2D eigenvalue weighted by molar-refractivity contribution is -0.139. The second kappa shape index (κ2) is 7.75. The molecular weight excluding hydrogens is 268 g/mol. The van der Waals surface area contributed by atoms with Gasteiger partial charge in [-0.1, -0.05) is 0 Å². The molecule has 19 heavy (non-hydrogen) atoms. The number of hydrogen-bond donors (Lipinski definition) is 2. The average molecular weight is 284 g/mol. The minimum atomic E-state index is -1.08. The highest BCUT2D eigenvalue weighted by molar-refractivity contribution is 7.98. The first-order valence-electron chi connectivity index (χ1n) is 5.61. The number of carboxylic acid groups (broad SMARTS) is 1. The van der Waals surface area contributed by atoms with Crippen molar-refractivity contribution in [3.05, 3.63) is 23.9 Å². The van der Waals surface area contributed by atoms with E-state index in [1.54, 1.807) is 24.6 Å². The van der Waals surface area contributed by atoms with Crippen LogP contribution in [-0.2, 0) is 9.53 Å². The number of nitrogens with zero attached hydrogens (tertiary/aromatic N) is 1. The number of carbonyl (C=O) groups excluding carboxylic acids is 1. The van der Waals surface area contributed by atoms with Gasteiger partial charge in [-0.3, -0.25) is 4.79 Å². The van der Waals surface area contributed by atoms with Crippen LogP contribution in [0.15, 0.2) is 23.4 Å². The van der Waals surface area contributed by atoms with Gasteiger partial charge in [-0.15, -0.1) is 11.8 Å². The molecule has 1 rings (SSSR count). The monoisotopic (exact) mass is 284 g/mol. The highest BCUT2D eigenvalue weighted by atomic mass is 32.2. The summed E-state index contributed by atoms with van der Waals surface area (Å²) in [5.74, 6) is -1.53. The van der Waals surface area contributed by atoms with Gasteiger partial charge in [-0.05, 0) is 18.4 Å². The summed E-state index contributed by atoms with van der Waals surface area (Å²) in [5, 5.41) is 12.1. The van der Waals surface area contributed by atoms with Crippen LogP contribution >= 0.6 is 11.8 Å². The summed E-state index contributed by atoms with van der Waals surface area (Å²) in [7, 11) is 1.48. The maximum absolute atomic E-state index is 12.0. The Bertz CT molecular complexity index is 453. The van der Waals surface area contributed by atoms with Crippen molar-refractivity contribution in [1.29, 1.82) is 0 Å². The van der Waals surface area contributed by atoms with Crippen molar-refractivity contribution in [1.82, 2.24) is 10.3 Å². The molecule has 0 spiro atoms. The molecule has 0 aromatic carbocycles. The van der Waals surface area contributed by atoms with Gasteiger partial charge in [-0.2, -0.15) is 0 Å². The summed E-state index contributed by atoms with van der Waals surface area (Å²) in [6, 6.07) is 2.28. The Labute approximate surface area is 115 Å². The molecule has 0 aliphatic carbocycles. The van der Waals surface area contributed by atoms with Gasteiger partial charge in [-0.25, -0.2) is 9.78 Å². The normalized spacial score (nSPS) is 11.9. The van der Waals surface area contributed by atoms with Gasteiger partial charge in [0.15, 0.2) is 0 Å². The van der Waals surface area contributed by atoms with E-state index in [2.05, 4.69) is 10.3 Å². The number of hydrogen-bond acceptors (Lipinski definition) is 5. The van der Waals surface area contributed by atoms with Crippen LogP contribution in [-0.4, -0.2) is 48.0 Å². The molecule has 1 atom stereocenters. The minimum Gasteiger partial charge on any atom is -0.480 e. The predicted octanol–water partition coefficient (Wildman–Crippen LogP) is 1.02. The van der Waals surface area contributed by atoms with Gasteiger partial charge in [0.25, 0.3) is 5.91 Å². The number of thioether (sulfide) groups is 1. The SMILES string of the molecule is COCCC(NC(=O)c1cccnc1SC)C(=O)O. The number of amides is 1. The third-order valence-corrected chi connectivity index (χ3v) is 3.14. The molecule has 2 N–H and O–H groups in total. The molecule has 1 unspecified atom stereocenters. The molecule has 1 heterocycles. The number of carboxylic acids is 1. The zero-order valence-corrected chi connectivity index (χ0v) is 11.6. The van der Waals surface area contributed by atoms with Crippen molar-refractivity contribution in [2.75, 3.05) is 20.0 Å². The van der Waals surface area contributed by atoms with E-state index in [1.165, 1.54) is 18.9 Å². The van der Waals surface area contributed by atoms with Crippen LogP contribution in [0.25, 0.3) is 0 Å². The molecular formula is C12H16N2O4S. The molecule has 0 aliphatic heterocycles. The van der Waals surface area contributed by atoms with Crippen LogP contribution in [0.2, 0.25) is 0 Å². The number of pyridine rings is 1. The Morgan fingerprint density at radius 2 is 2.32 bits per heavy atom. The first-order chi connectivity index (χ1) is 9.10. The van der Waals surface area contributed by atoms with Gasteiger partial charge in [0.05, 0.1) is 5.56 Å². The summed E-state index contributed by atoms with van der Waals surface area (Å²) < 4.78 is 4.82. The molecule has 1 aromatic rings. The molecule has 0 saturated carbocycles. The summed E-state index contributed by atoms with van der Waals surface area (Å²) in [6.45, 7) is 0.264. The van der Waals surface area contributed by atoms with Crippen LogP contribution in [0.5, 0.6) is 0 Å². The second-order valence-corrected chi connectivity index (χ2v) is 4.50. The van der Waals surface area contributed by atoms with Crippen LogP contribution in [0.4, 0.5) is 0 Å². The van der Waals surface area contributed by atoms with Crippen LogP contribution in [0, 0.1) is 0 Å². The molecule has 7 heteroatoms. The lowest BCUT2D eigenvalue weighted by Gasteiger charge is -2.14. The van der Waals surface area contributed by atoms with E-state index >= 15 is 0 Å². The van der Waals surface area contributed by atoms with Gasteiger partial charge in [0, 0.05) is 26.3 Å². The Morgan fingerprint density at radius 3 is 2.89 bits per heavy atom. The van der Waals surface area contributed by atoms with Crippen LogP contribution in [0.1, 0.15) is 16.8 Å². The summed E-state index contributed by atoms with van der Waals surface area (Å²) in [5.41, 5.74) is 0.374. The van der Waals surface area contributed by atoms with E-state index in [1.807, 2.05) is 0 Å². The van der Waals surface area contributed by atoms with E-state index in [0.717, 1.165) is 0 Å². The molecule has 0 fully saturated rings. The lowest BCUT2D eigenvalue weighted by atomic mass is 10.2. The van der Waals surface area contributed by atoms with Crippen molar-refractivity contribution in [2.45, 2.75) is 17.5 Å². The highest BCUT2D eigenvalue weighted by Crippen LogP contribution is 2.16.